The van der Waals surface area contributed by atoms with Crippen LogP contribution in [0.3, 0.4) is 0 Å². The first-order valence-corrected chi connectivity index (χ1v) is 4.96. The maximum absolute atomic E-state index is 5.98. The van der Waals surface area contributed by atoms with E-state index < -0.39 is 0 Å². The quantitative estimate of drug-likeness (QED) is 0.769. The van der Waals surface area contributed by atoms with Gasteiger partial charge in [0.25, 0.3) is 0 Å². The SMILES string of the molecule is C#CC(NCCC)c1ccncc1Cl. The molecule has 1 heterocycles. The third-order valence-corrected chi connectivity index (χ3v) is 2.20. The molecule has 0 aliphatic heterocycles. The van der Waals surface area contributed by atoms with Gasteiger partial charge in [0.2, 0.25) is 0 Å². The minimum absolute atomic E-state index is 0.120. The third-order valence-electron chi connectivity index (χ3n) is 1.88. The standard InChI is InChI=1S/C11H13ClN2/c1-3-6-14-11(4-2)9-5-7-13-8-10(9)12/h2,5,7-8,11,14H,3,6H2,1H3. The monoisotopic (exact) mass is 208 g/mol. The van der Waals surface area contributed by atoms with Gasteiger partial charge in [0.05, 0.1) is 11.1 Å². The molecule has 0 aromatic carbocycles. The van der Waals surface area contributed by atoms with E-state index in [-0.39, 0.29) is 6.04 Å². The predicted octanol–water partition coefficient (Wildman–Crippen LogP) is 2.41. The van der Waals surface area contributed by atoms with Crippen LogP contribution in [0, 0.1) is 12.3 Å². The van der Waals surface area contributed by atoms with Gasteiger partial charge in [-0.25, -0.2) is 0 Å². The Morgan fingerprint density at radius 1 is 1.71 bits per heavy atom. The number of rotatable bonds is 4. The number of nitrogens with one attached hydrogen (secondary N) is 1. The molecule has 1 aromatic heterocycles. The summed E-state index contributed by atoms with van der Waals surface area (Å²) in [5.41, 5.74) is 0.914. The summed E-state index contributed by atoms with van der Waals surface area (Å²) >= 11 is 5.98. The summed E-state index contributed by atoms with van der Waals surface area (Å²) in [4.78, 5) is 3.91. The fourth-order valence-corrected chi connectivity index (χ4v) is 1.40. The molecule has 0 spiro atoms. The van der Waals surface area contributed by atoms with Gasteiger partial charge in [0.15, 0.2) is 0 Å². The molecular weight excluding hydrogens is 196 g/mol. The molecule has 1 rings (SSSR count). The Morgan fingerprint density at radius 3 is 3.07 bits per heavy atom. The third kappa shape index (κ3) is 2.73. The Labute approximate surface area is 89.7 Å². The molecule has 0 bridgehead atoms. The van der Waals surface area contributed by atoms with E-state index in [0.717, 1.165) is 18.5 Å². The van der Waals surface area contributed by atoms with Gasteiger partial charge < -0.3 is 0 Å². The summed E-state index contributed by atoms with van der Waals surface area (Å²) < 4.78 is 0. The van der Waals surface area contributed by atoms with Crippen LogP contribution in [0.1, 0.15) is 24.9 Å². The van der Waals surface area contributed by atoms with Crippen molar-refractivity contribution in [2.45, 2.75) is 19.4 Å². The van der Waals surface area contributed by atoms with Crippen LogP contribution in [-0.4, -0.2) is 11.5 Å². The topological polar surface area (TPSA) is 24.9 Å². The lowest BCUT2D eigenvalue weighted by atomic mass is 10.1. The predicted molar refractivity (Wildman–Crippen MR) is 59.1 cm³/mol. The van der Waals surface area contributed by atoms with E-state index in [2.05, 4.69) is 23.1 Å². The normalized spacial score (nSPS) is 12.1. The highest BCUT2D eigenvalue weighted by Gasteiger charge is 2.10. The lowest BCUT2D eigenvalue weighted by Crippen LogP contribution is -2.20. The van der Waals surface area contributed by atoms with Gasteiger partial charge in [-0.1, -0.05) is 24.4 Å². The lowest BCUT2D eigenvalue weighted by Gasteiger charge is -2.13. The van der Waals surface area contributed by atoms with E-state index in [1.165, 1.54) is 0 Å². The van der Waals surface area contributed by atoms with Crippen LogP contribution in [0.5, 0.6) is 0 Å². The molecular formula is C11H13ClN2. The lowest BCUT2D eigenvalue weighted by molar-refractivity contribution is 0.626. The van der Waals surface area contributed by atoms with E-state index in [4.69, 9.17) is 18.0 Å². The van der Waals surface area contributed by atoms with Gasteiger partial charge in [0, 0.05) is 18.0 Å². The minimum Gasteiger partial charge on any atom is -0.300 e. The number of terminal acetylenes is 1. The Hall–Kier alpha value is -1.04. The first-order chi connectivity index (χ1) is 6.79. The highest BCUT2D eigenvalue weighted by molar-refractivity contribution is 6.31. The van der Waals surface area contributed by atoms with E-state index >= 15 is 0 Å². The van der Waals surface area contributed by atoms with Crippen molar-refractivity contribution in [2.75, 3.05) is 6.54 Å². The smallest absolute Gasteiger partial charge is 0.0958 e. The van der Waals surface area contributed by atoms with Gasteiger partial charge in [-0.15, -0.1) is 6.42 Å². The largest absolute Gasteiger partial charge is 0.300 e. The second-order valence-corrected chi connectivity index (χ2v) is 3.36. The second kappa shape index (κ2) is 5.64. The fraction of sp³-hybridized carbons (Fsp3) is 0.364. The molecule has 0 aliphatic rings. The van der Waals surface area contributed by atoms with Crippen LogP contribution < -0.4 is 5.32 Å². The Kier molecular flexibility index (Phi) is 4.45. The summed E-state index contributed by atoms with van der Waals surface area (Å²) in [7, 11) is 0. The van der Waals surface area contributed by atoms with Crippen molar-refractivity contribution < 1.29 is 0 Å². The second-order valence-electron chi connectivity index (χ2n) is 2.95. The molecule has 2 nitrogen and oxygen atoms in total. The van der Waals surface area contributed by atoms with Crippen LogP contribution >= 0.6 is 11.6 Å². The minimum atomic E-state index is -0.120. The summed E-state index contributed by atoms with van der Waals surface area (Å²) in [5.74, 6) is 2.67. The summed E-state index contributed by atoms with van der Waals surface area (Å²) in [5, 5.41) is 3.84. The summed E-state index contributed by atoms with van der Waals surface area (Å²) in [6.07, 6.45) is 9.77. The zero-order valence-electron chi connectivity index (χ0n) is 8.13. The molecule has 3 heteroatoms. The zero-order chi connectivity index (χ0) is 10.4. The Morgan fingerprint density at radius 2 is 2.50 bits per heavy atom. The van der Waals surface area contributed by atoms with Crippen molar-refractivity contribution in [3.05, 3.63) is 29.0 Å². The first kappa shape index (κ1) is 11.0. The van der Waals surface area contributed by atoms with Gasteiger partial charge in [-0.05, 0) is 19.0 Å². The molecule has 0 amide bonds. The van der Waals surface area contributed by atoms with E-state index in [1.807, 2.05) is 6.07 Å². The Balaban J connectivity index is 2.80. The Bertz CT molecular complexity index is 330. The summed E-state index contributed by atoms with van der Waals surface area (Å²) in [6, 6.07) is 1.72. The molecule has 14 heavy (non-hydrogen) atoms. The fourth-order valence-electron chi connectivity index (χ4n) is 1.17. The molecule has 1 atom stereocenters. The average Bonchev–Trinajstić information content (AvgIpc) is 2.21. The average molecular weight is 209 g/mol. The summed E-state index contributed by atoms with van der Waals surface area (Å²) in [6.45, 7) is 2.97. The van der Waals surface area contributed by atoms with Crippen molar-refractivity contribution in [2.24, 2.45) is 0 Å². The van der Waals surface area contributed by atoms with Gasteiger partial charge in [-0.3, -0.25) is 10.3 Å². The van der Waals surface area contributed by atoms with Crippen LogP contribution in [0.25, 0.3) is 0 Å². The molecule has 0 saturated heterocycles. The van der Waals surface area contributed by atoms with E-state index in [9.17, 15) is 0 Å². The number of aromatic nitrogens is 1. The van der Waals surface area contributed by atoms with E-state index in [0.29, 0.717) is 5.02 Å². The number of pyridine rings is 1. The number of nitrogens with zero attached hydrogens (tertiary/aromatic N) is 1. The van der Waals surface area contributed by atoms with Crippen LogP contribution in [0.4, 0.5) is 0 Å². The molecule has 1 aromatic rings. The maximum Gasteiger partial charge on any atom is 0.0958 e. The highest BCUT2D eigenvalue weighted by Crippen LogP contribution is 2.20. The number of hydrogen-bond donors (Lipinski definition) is 1. The first-order valence-electron chi connectivity index (χ1n) is 4.58. The van der Waals surface area contributed by atoms with Crippen molar-refractivity contribution >= 4 is 11.6 Å². The molecule has 0 fully saturated rings. The number of hydrogen-bond acceptors (Lipinski definition) is 2. The molecule has 0 radical (unpaired) electrons. The number of halogens is 1. The van der Waals surface area contributed by atoms with Gasteiger partial charge in [0.1, 0.15) is 0 Å². The van der Waals surface area contributed by atoms with Crippen LogP contribution in [-0.2, 0) is 0 Å². The van der Waals surface area contributed by atoms with Crippen molar-refractivity contribution in [3.63, 3.8) is 0 Å². The molecule has 1 unspecified atom stereocenters. The van der Waals surface area contributed by atoms with E-state index in [1.54, 1.807) is 12.4 Å². The van der Waals surface area contributed by atoms with Gasteiger partial charge in [-0.2, -0.15) is 0 Å². The van der Waals surface area contributed by atoms with Crippen molar-refractivity contribution in [1.82, 2.24) is 10.3 Å². The van der Waals surface area contributed by atoms with Gasteiger partial charge >= 0.3 is 0 Å². The molecule has 0 saturated carbocycles. The molecule has 0 aliphatic carbocycles. The molecule has 1 N–H and O–H groups in total. The van der Waals surface area contributed by atoms with Crippen molar-refractivity contribution in [1.29, 1.82) is 0 Å². The maximum atomic E-state index is 5.98. The zero-order valence-corrected chi connectivity index (χ0v) is 8.88. The van der Waals surface area contributed by atoms with Crippen molar-refractivity contribution in [3.8, 4) is 12.3 Å². The van der Waals surface area contributed by atoms with Crippen LogP contribution in [0.2, 0.25) is 5.02 Å². The van der Waals surface area contributed by atoms with Crippen LogP contribution in [0.15, 0.2) is 18.5 Å². The highest BCUT2D eigenvalue weighted by atomic mass is 35.5. The molecule has 74 valence electrons.